The van der Waals surface area contributed by atoms with Gasteiger partial charge in [-0.2, -0.15) is 0 Å². The largest absolute Gasteiger partial charge is 0.495 e. The van der Waals surface area contributed by atoms with Crippen molar-refractivity contribution in [2.75, 3.05) is 13.7 Å². The fourth-order valence-electron chi connectivity index (χ4n) is 2.83. The highest BCUT2D eigenvalue weighted by molar-refractivity contribution is 7.89. The summed E-state index contributed by atoms with van der Waals surface area (Å²) in [6.07, 6.45) is 5.87. The van der Waals surface area contributed by atoms with Crippen LogP contribution < -0.4 is 15.2 Å². The van der Waals surface area contributed by atoms with Gasteiger partial charge in [0, 0.05) is 13.1 Å². The molecule has 0 amide bonds. The highest BCUT2D eigenvalue weighted by Crippen LogP contribution is 2.28. The van der Waals surface area contributed by atoms with Crippen LogP contribution in [0.2, 0.25) is 0 Å². The van der Waals surface area contributed by atoms with Gasteiger partial charge in [0.05, 0.1) is 7.11 Å². The summed E-state index contributed by atoms with van der Waals surface area (Å²) in [5, 5.41) is 0. The Morgan fingerprint density at radius 2 is 2.05 bits per heavy atom. The van der Waals surface area contributed by atoms with Gasteiger partial charge in [0.25, 0.3) is 0 Å². The van der Waals surface area contributed by atoms with Gasteiger partial charge < -0.3 is 10.5 Å². The van der Waals surface area contributed by atoms with E-state index in [0.29, 0.717) is 24.8 Å². The van der Waals surface area contributed by atoms with Crippen LogP contribution in [0.5, 0.6) is 5.75 Å². The molecule has 0 radical (unpaired) electrons. The molecule has 118 valence electrons. The van der Waals surface area contributed by atoms with Crippen molar-refractivity contribution in [1.82, 2.24) is 4.72 Å². The Hall–Kier alpha value is -1.11. The lowest BCUT2D eigenvalue weighted by Crippen LogP contribution is -2.26. The van der Waals surface area contributed by atoms with E-state index < -0.39 is 10.0 Å². The molecule has 5 nitrogen and oxygen atoms in total. The van der Waals surface area contributed by atoms with Crippen molar-refractivity contribution in [2.45, 2.75) is 43.5 Å². The minimum absolute atomic E-state index is 0.166. The molecule has 0 spiro atoms. The molecule has 0 aliphatic heterocycles. The predicted octanol–water partition coefficient (Wildman–Crippen LogP) is 2.01. The summed E-state index contributed by atoms with van der Waals surface area (Å²) in [6, 6.07) is 5.00. The zero-order chi connectivity index (χ0) is 15.3. The molecule has 1 aliphatic rings. The molecule has 0 atom stereocenters. The average molecular weight is 312 g/mol. The molecule has 1 aromatic carbocycles. The number of nitrogens with two attached hydrogens (primary N) is 1. The SMILES string of the molecule is COc1ccc(CN)cc1S(=O)(=O)NCCC1CCCC1. The van der Waals surface area contributed by atoms with Crippen molar-refractivity contribution in [3.63, 3.8) is 0 Å². The number of nitrogens with one attached hydrogen (secondary N) is 1. The summed E-state index contributed by atoms with van der Waals surface area (Å²) >= 11 is 0. The van der Waals surface area contributed by atoms with Gasteiger partial charge in [-0.25, -0.2) is 13.1 Å². The minimum Gasteiger partial charge on any atom is -0.495 e. The summed E-state index contributed by atoms with van der Waals surface area (Å²) < 4.78 is 32.7. The standard InChI is InChI=1S/C15H24N2O3S/c1-20-14-7-6-13(11-16)10-15(14)21(18,19)17-9-8-12-4-2-3-5-12/h6-7,10,12,17H,2-5,8-9,11,16H2,1H3. The molecule has 0 heterocycles. The summed E-state index contributed by atoms with van der Waals surface area (Å²) in [4.78, 5) is 0.166. The normalized spacial score (nSPS) is 16.3. The van der Waals surface area contributed by atoms with Gasteiger partial charge in [-0.3, -0.25) is 0 Å². The average Bonchev–Trinajstić information content (AvgIpc) is 2.99. The van der Waals surface area contributed by atoms with E-state index in [1.165, 1.54) is 32.8 Å². The molecule has 2 rings (SSSR count). The third-order valence-corrected chi connectivity index (χ3v) is 5.55. The number of sulfonamides is 1. The summed E-state index contributed by atoms with van der Waals surface area (Å²) in [6.45, 7) is 0.775. The number of hydrogen-bond acceptors (Lipinski definition) is 4. The first-order chi connectivity index (χ1) is 10.1. The first kappa shape index (κ1) is 16.3. The van der Waals surface area contributed by atoms with Crippen LogP contribution in [-0.2, 0) is 16.6 Å². The van der Waals surface area contributed by atoms with Crippen LogP contribution >= 0.6 is 0 Å². The molecule has 21 heavy (non-hydrogen) atoms. The molecule has 6 heteroatoms. The Bertz CT molecular complexity index is 566. The lowest BCUT2D eigenvalue weighted by molar-refractivity contribution is 0.402. The van der Waals surface area contributed by atoms with E-state index in [1.54, 1.807) is 18.2 Å². The Kier molecular flexibility index (Phi) is 5.61. The molecular formula is C15H24N2O3S. The topological polar surface area (TPSA) is 81.4 Å². The van der Waals surface area contributed by atoms with E-state index in [4.69, 9.17) is 10.5 Å². The molecule has 0 bridgehead atoms. The van der Waals surface area contributed by atoms with Gasteiger partial charge >= 0.3 is 0 Å². The lowest BCUT2D eigenvalue weighted by atomic mass is 10.1. The Balaban J connectivity index is 2.06. The van der Waals surface area contributed by atoms with Crippen LogP contribution in [0.1, 0.15) is 37.7 Å². The van der Waals surface area contributed by atoms with Crippen LogP contribution in [0.25, 0.3) is 0 Å². The van der Waals surface area contributed by atoms with Crippen molar-refractivity contribution >= 4 is 10.0 Å². The fraction of sp³-hybridized carbons (Fsp3) is 0.600. The van der Waals surface area contributed by atoms with E-state index >= 15 is 0 Å². The van der Waals surface area contributed by atoms with Crippen LogP contribution in [0.3, 0.4) is 0 Å². The third-order valence-electron chi connectivity index (χ3n) is 4.07. The van der Waals surface area contributed by atoms with Crippen molar-refractivity contribution in [3.8, 4) is 5.75 Å². The molecule has 3 N–H and O–H groups in total. The van der Waals surface area contributed by atoms with Crippen molar-refractivity contribution in [2.24, 2.45) is 11.7 Å². The Morgan fingerprint density at radius 3 is 2.67 bits per heavy atom. The van der Waals surface area contributed by atoms with E-state index in [1.807, 2.05) is 0 Å². The van der Waals surface area contributed by atoms with Gasteiger partial charge in [0.2, 0.25) is 10.0 Å². The van der Waals surface area contributed by atoms with Gasteiger partial charge in [0.1, 0.15) is 10.6 Å². The minimum atomic E-state index is -3.56. The fourth-order valence-corrected chi connectivity index (χ4v) is 4.10. The number of ether oxygens (including phenoxy) is 1. The zero-order valence-electron chi connectivity index (χ0n) is 12.5. The third kappa shape index (κ3) is 4.18. The maximum Gasteiger partial charge on any atom is 0.244 e. The molecule has 1 saturated carbocycles. The number of hydrogen-bond donors (Lipinski definition) is 2. The van der Waals surface area contributed by atoms with E-state index in [2.05, 4.69) is 4.72 Å². The molecule has 1 aromatic rings. The van der Waals surface area contributed by atoms with Crippen molar-refractivity contribution < 1.29 is 13.2 Å². The Labute approximate surface area is 126 Å². The number of benzene rings is 1. The first-order valence-electron chi connectivity index (χ1n) is 7.43. The monoisotopic (exact) mass is 312 g/mol. The summed E-state index contributed by atoms with van der Waals surface area (Å²) in [5.74, 6) is 1.01. The second-order valence-electron chi connectivity index (χ2n) is 5.53. The quantitative estimate of drug-likeness (QED) is 0.807. The second-order valence-corrected chi connectivity index (χ2v) is 7.26. The van der Waals surface area contributed by atoms with Crippen LogP contribution in [0.15, 0.2) is 23.1 Å². The molecular weight excluding hydrogens is 288 g/mol. The molecule has 1 aliphatic carbocycles. The van der Waals surface area contributed by atoms with Gasteiger partial charge in [-0.1, -0.05) is 31.7 Å². The van der Waals surface area contributed by atoms with Crippen LogP contribution in [-0.4, -0.2) is 22.1 Å². The number of rotatable bonds is 7. The Morgan fingerprint density at radius 1 is 1.33 bits per heavy atom. The van der Waals surface area contributed by atoms with Crippen LogP contribution in [0, 0.1) is 5.92 Å². The molecule has 0 saturated heterocycles. The smallest absolute Gasteiger partial charge is 0.244 e. The predicted molar refractivity (Wildman–Crippen MR) is 82.6 cm³/mol. The lowest BCUT2D eigenvalue weighted by Gasteiger charge is -2.13. The van der Waals surface area contributed by atoms with E-state index in [0.717, 1.165) is 12.0 Å². The van der Waals surface area contributed by atoms with Crippen LogP contribution in [0.4, 0.5) is 0 Å². The molecule has 0 unspecified atom stereocenters. The summed E-state index contributed by atoms with van der Waals surface area (Å²) in [7, 11) is -2.09. The van der Waals surface area contributed by atoms with Gasteiger partial charge in [-0.05, 0) is 30.0 Å². The first-order valence-corrected chi connectivity index (χ1v) is 8.92. The highest BCUT2D eigenvalue weighted by Gasteiger charge is 2.21. The van der Waals surface area contributed by atoms with Crippen molar-refractivity contribution in [3.05, 3.63) is 23.8 Å². The van der Waals surface area contributed by atoms with Crippen molar-refractivity contribution in [1.29, 1.82) is 0 Å². The molecule has 1 fully saturated rings. The number of methoxy groups -OCH3 is 1. The highest BCUT2D eigenvalue weighted by atomic mass is 32.2. The van der Waals surface area contributed by atoms with E-state index in [-0.39, 0.29) is 4.90 Å². The zero-order valence-corrected chi connectivity index (χ0v) is 13.3. The van der Waals surface area contributed by atoms with Gasteiger partial charge in [0.15, 0.2) is 0 Å². The maximum atomic E-state index is 12.4. The maximum absolute atomic E-state index is 12.4. The second kappa shape index (κ2) is 7.24. The summed E-state index contributed by atoms with van der Waals surface area (Å²) in [5.41, 5.74) is 6.35. The van der Waals surface area contributed by atoms with Gasteiger partial charge in [-0.15, -0.1) is 0 Å². The molecule has 0 aromatic heterocycles. The van der Waals surface area contributed by atoms with E-state index in [9.17, 15) is 8.42 Å².